The van der Waals surface area contributed by atoms with Crippen molar-refractivity contribution in [2.45, 2.75) is 52.4 Å². The van der Waals surface area contributed by atoms with E-state index in [0.717, 1.165) is 23.7 Å². The second kappa shape index (κ2) is 3.40. The number of hydrogen-bond acceptors (Lipinski definition) is 0. The predicted molar refractivity (Wildman–Crippen MR) is 53.0 cm³/mol. The molecule has 0 aliphatic heterocycles. The van der Waals surface area contributed by atoms with E-state index >= 15 is 0 Å². The normalized spacial score (nSPS) is 45.5. The van der Waals surface area contributed by atoms with Crippen molar-refractivity contribution in [2.24, 2.45) is 23.7 Å². The molecule has 2 saturated carbocycles. The van der Waals surface area contributed by atoms with Crippen LogP contribution >= 0.6 is 0 Å². The van der Waals surface area contributed by atoms with Gasteiger partial charge in [0.15, 0.2) is 0 Å². The molecule has 0 amide bonds. The molecule has 0 spiro atoms. The molecule has 0 aromatic rings. The van der Waals surface area contributed by atoms with Gasteiger partial charge in [-0.15, -0.1) is 0 Å². The Morgan fingerprint density at radius 3 is 2.50 bits per heavy atom. The van der Waals surface area contributed by atoms with Crippen molar-refractivity contribution in [1.82, 2.24) is 0 Å². The van der Waals surface area contributed by atoms with E-state index in [1.165, 1.54) is 19.3 Å². The summed E-state index contributed by atoms with van der Waals surface area (Å²) in [5, 5.41) is 0. The van der Waals surface area contributed by atoms with E-state index in [1.54, 1.807) is 19.3 Å². The van der Waals surface area contributed by atoms with Gasteiger partial charge in [0.25, 0.3) is 0 Å². The smallest absolute Gasteiger partial charge is 0.0357 e. The maximum Gasteiger partial charge on any atom is -0.0357 e. The first-order valence-corrected chi connectivity index (χ1v) is 5.83. The van der Waals surface area contributed by atoms with E-state index in [-0.39, 0.29) is 0 Å². The maximum atomic E-state index is 2.50. The molecular formula is C12H22. The van der Waals surface area contributed by atoms with Gasteiger partial charge in [-0.2, -0.15) is 0 Å². The van der Waals surface area contributed by atoms with Crippen molar-refractivity contribution < 1.29 is 0 Å². The number of hydrogen-bond donors (Lipinski definition) is 0. The van der Waals surface area contributed by atoms with Crippen LogP contribution in [0.3, 0.4) is 0 Å². The molecule has 4 atom stereocenters. The molecule has 0 saturated heterocycles. The van der Waals surface area contributed by atoms with Crippen LogP contribution in [0.1, 0.15) is 52.4 Å². The van der Waals surface area contributed by atoms with Gasteiger partial charge in [-0.05, 0) is 49.4 Å². The van der Waals surface area contributed by atoms with Crippen LogP contribution in [0.4, 0.5) is 0 Å². The maximum absolute atomic E-state index is 2.50. The third kappa shape index (κ3) is 1.30. The molecule has 2 aliphatic carbocycles. The summed E-state index contributed by atoms with van der Waals surface area (Å²) in [5.74, 6) is 4.44. The molecule has 2 rings (SSSR count). The lowest BCUT2D eigenvalue weighted by Gasteiger charge is -2.28. The first-order chi connectivity index (χ1) is 5.83. The minimum absolute atomic E-state index is 1.07. The van der Waals surface area contributed by atoms with Gasteiger partial charge in [0.2, 0.25) is 0 Å². The third-order valence-electron chi connectivity index (χ3n) is 4.43. The molecular weight excluding hydrogens is 144 g/mol. The highest BCUT2D eigenvalue weighted by Gasteiger charge is 2.44. The number of fused-ring (bicyclic) bond motifs is 2. The molecule has 2 aliphatic rings. The first kappa shape index (κ1) is 8.59. The molecule has 2 bridgehead atoms. The summed E-state index contributed by atoms with van der Waals surface area (Å²) in [7, 11) is 0. The van der Waals surface area contributed by atoms with E-state index in [4.69, 9.17) is 0 Å². The van der Waals surface area contributed by atoms with Crippen molar-refractivity contribution in [3.63, 3.8) is 0 Å². The number of unbranched alkanes of at least 4 members (excludes halogenated alkanes) is 1. The molecule has 0 radical (unpaired) electrons. The van der Waals surface area contributed by atoms with Crippen LogP contribution in [0.15, 0.2) is 0 Å². The van der Waals surface area contributed by atoms with E-state index in [9.17, 15) is 0 Å². The van der Waals surface area contributed by atoms with Gasteiger partial charge in [0.1, 0.15) is 0 Å². The fourth-order valence-electron chi connectivity index (χ4n) is 3.64. The van der Waals surface area contributed by atoms with Crippen molar-refractivity contribution in [1.29, 1.82) is 0 Å². The lowest BCUT2D eigenvalue weighted by molar-refractivity contribution is 0.222. The Labute approximate surface area is 76.7 Å². The zero-order valence-electron chi connectivity index (χ0n) is 8.55. The number of rotatable bonds is 3. The molecule has 0 nitrogen and oxygen atoms in total. The van der Waals surface area contributed by atoms with Crippen LogP contribution in [0, 0.1) is 23.7 Å². The third-order valence-corrected chi connectivity index (χ3v) is 4.43. The van der Waals surface area contributed by atoms with Gasteiger partial charge in [0.05, 0.1) is 0 Å². The first-order valence-electron chi connectivity index (χ1n) is 5.83. The Kier molecular flexibility index (Phi) is 2.43. The standard InChI is InChI=1S/C12H22/c1-3-4-5-12-9(2)10-6-7-11(12)8-10/h9-12H,3-8H2,1-2H3. The van der Waals surface area contributed by atoms with E-state index in [1.807, 2.05) is 0 Å². The minimum Gasteiger partial charge on any atom is -0.0654 e. The molecule has 12 heavy (non-hydrogen) atoms. The molecule has 4 unspecified atom stereocenters. The molecule has 2 fully saturated rings. The van der Waals surface area contributed by atoms with Gasteiger partial charge in [-0.1, -0.05) is 26.7 Å². The second-order valence-electron chi connectivity index (χ2n) is 5.00. The van der Waals surface area contributed by atoms with Crippen molar-refractivity contribution in [3.05, 3.63) is 0 Å². The lowest BCUT2D eigenvalue weighted by Crippen LogP contribution is -2.19. The van der Waals surface area contributed by atoms with Gasteiger partial charge in [-0.25, -0.2) is 0 Å². The highest BCUT2D eigenvalue weighted by molar-refractivity contribution is 4.94. The summed E-state index contributed by atoms with van der Waals surface area (Å²) in [6, 6.07) is 0. The summed E-state index contributed by atoms with van der Waals surface area (Å²) in [6.07, 6.45) is 9.07. The van der Waals surface area contributed by atoms with Crippen molar-refractivity contribution in [3.8, 4) is 0 Å². The molecule has 0 aromatic carbocycles. The topological polar surface area (TPSA) is 0 Å². The zero-order chi connectivity index (χ0) is 8.55. The second-order valence-corrected chi connectivity index (χ2v) is 5.00. The Balaban J connectivity index is 1.89. The Morgan fingerprint density at radius 1 is 1.17 bits per heavy atom. The fourth-order valence-corrected chi connectivity index (χ4v) is 3.64. The highest BCUT2D eigenvalue weighted by atomic mass is 14.5. The zero-order valence-corrected chi connectivity index (χ0v) is 8.55. The fraction of sp³-hybridized carbons (Fsp3) is 1.00. The average molecular weight is 166 g/mol. The molecule has 0 N–H and O–H groups in total. The Morgan fingerprint density at radius 2 is 1.92 bits per heavy atom. The SMILES string of the molecule is CCCCC1C2CCC(C2)C1C. The highest BCUT2D eigenvalue weighted by Crippen LogP contribution is 2.53. The minimum atomic E-state index is 1.07. The largest absolute Gasteiger partial charge is 0.0654 e. The van der Waals surface area contributed by atoms with E-state index in [0.29, 0.717) is 0 Å². The summed E-state index contributed by atoms with van der Waals surface area (Å²) in [6.45, 7) is 4.82. The molecule has 0 heteroatoms. The van der Waals surface area contributed by atoms with Gasteiger partial charge in [0, 0.05) is 0 Å². The van der Waals surface area contributed by atoms with Crippen LogP contribution < -0.4 is 0 Å². The quantitative estimate of drug-likeness (QED) is 0.597. The van der Waals surface area contributed by atoms with Crippen molar-refractivity contribution in [2.75, 3.05) is 0 Å². The molecule has 0 aromatic heterocycles. The average Bonchev–Trinajstić information content (AvgIpc) is 2.62. The van der Waals surface area contributed by atoms with E-state index in [2.05, 4.69) is 13.8 Å². The summed E-state index contributed by atoms with van der Waals surface area (Å²) < 4.78 is 0. The Hall–Kier alpha value is 0. The Bertz CT molecular complexity index is 148. The molecule has 0 heterocycles. The van der Waals surface area contributed by atoms with Crippen molar-refractivity contribution >= 4 is 0 Å². The van der Waals surface area contributed by atoms with Crippen LogP contribution in [0.25, 0.3) is 0 Å². The van der Waals surface area contributed by atoms with Crippen LogP contribution in [-0.4, -0.2) is 0 Å². The van der Waals surface area contributed by atoms with Crippen LogP contribution in [0.5, 0.6) is 0 Å². The van der Waals surface area contributed by atoms with Crippen LogP contribution in [-0.2, 0) is 0 Å². The summed E-state index contributed by atoms with van der Waals surface area (Å²) in [5.41, 5.74) is 0. The van der Waals surface area contributed by atoms with Crippen LogP contribution in [0.2, 0.25) is 0 Å². The molecule has 70 valence electrons. The van der Waals surface area contributed by atoms with Gasteiger partial charge in [-0.3, -0.25) is 0 Å². The predicted octanol–water partition coefficient (Wildman–Crippen LogP) is 3.86. The van der Waals surface area contributed by atoms with Gasteiger partial charge < -0.3 is 0 Å². The van der Waals surface area contributed by atoms with E-state index < -0.39 is 0 Å². The summed E-state index contributed by atoms with van der Waals surface area (Å²) in [4.78, 5) is 0. The monoisotopic (exact) mass is 166 g/mol. The summed E-state index contributed by atoms with van der Waals surface area (Å²) >= 11 is 0. The lowest BCUT2D eigenvalue weighted by atomic mass is 9.78. The van der Waals surface area contributed by atoms with Gasteiger partial charge >= 0.3 is 0 Å².